The first-order valence-electron chi connectivity index (χ1n) is 7.12. The highest BCUT2D eigenvalue weighted by Crippen LogP contribution is 2.10. The lowest BCUT2D eigenvalue weighted by molar-refractivity contribution is -0.132. The maximum Gasteiger partial charge on any atom is 0.243 e. The molecule has 1 aromatic rings. The SMILES string of the molecule is CCCCCN(CC(=O)Nc1cccc(C#N)c1)C(C)=O. The number of nitrogens with one attached hydrogen (secondary N) is 1. The molecule has 0 aromatic heterocycles. The van der Waals surface area contributed by atoms with Crippen molar-refractivity contribution in [3.05, 3.63) is 29.8 Å². The average Bonchev–Trinajstić information content (AvgIpc) is 2.46. The fraction of sp³-hybridized carbons (Fsp3) is 0.438. The molecule has 112 valence electrons. The summed E-state index contributed by atoms with van der Waals surface area (Å²) in [6, 6.07) is 8.71. The molecule has 0 saturated carbocycles. The molecule has 1 rings (SSSR count). The van der Waals surface area contributed by atoms with Crippen LogP contribution < -0.4 is 5.32 Å². The van der Waals surface area contributed by atoms with E-state index in [1.165, 1.54) is 6.92 Å². The summed E-state index contributed by atoms with van der Waals surface area (Å²) >= 11 is 0. The summed E-state index contributed by atoms with van der Waals surface area (Å²) < 4.78 is 0. The fourth-order valence-electron chi connectivity index (χ4n) is 1.94. The number of benzene rings is 1. The van der Waals surface area contributed by atoms with E-state index in [2.05, 4.69) is 12.2 Å². The summed E-state index contributed by atoms with van der Waals surface area (Å²) in [5.74, 6) is -0.358. The fourth-order valence-corrected chi connectivity index (χ4v) is 1.94. The monoisotopic (exact) mass is 287 g/mol. The smallest absolute Gasteiger partial charge is 0.243 e. The molecule has 0 aliphatic rings. The first-order chi connectivity index (χ1) is 10.1. The molecule has 0 aliphatic heterocycles. The summed E-state index contributed by atoms with van der Waals surface area (Å²) in [6.07, 6.45) is 3.00. The van der Waals surface area contributed by atoms with Crippen molar-refractivity contribution in [3.8, 4) is 6.07 Å². The number of amides is 2. The number of unbranched alkanes of at least 4 members (excludes halogenated alkanes) is 2. The zero-order valence-electron chi connectivity index (χ0n) is 12.6. The topological polar surface area (TPSA) is 73.2 Å². The number of hydrogen-bond donors (Lipinski definition) is 1. The predicted molar refractivity (Wildman–Crippen MR) is 81.6 cm³/mol. The van der Waals surface area contributed by atoms with Gasteiger partial charge in [0.1, 0.15) is 0 Å². The van der Waals surface area contributed by atoms with Crippen molar-refractivity contribution in [3.63, 3.8) is 0 Å². The molecular weight excluding hydrogens is 266 g/mol. The van der Waals surface area contributed by atoms with Gasteiger partial charge in [-0.25, -0.2) is 0 Å². The number of nitriles is 1. The summed E-state index contributed by atoms with van der Waals surface area (Å²) in [7, 11) is 0. The van der Waals surface area contributed by atoms with Gasteiger partial charge in [-0.15, -0.1) is 0 Å². The van der Waals surface area contributed by atoms with Gasteiger partial charge in [-0.2, -0.15) is 5.26 Å². The average molecular weight is 287 g/mol. The Labute approximate surface area is 125 Å². The highest BCUT2D eigenvalue weighted by atomic mass is 16.2. The van der Waals surface area contributed by atoms with Crippen molar-refractivity contribution in [2.45, 2.75) is 33.1 Å². The Balaban J connectivity index is 2.57. The number of carbonyl (C=O) groups is 2. The molecule has 1 aromatic carbocycles. The van der Waals surface area contributed by atoms with Gasteiger partial charge in [0.15, 0.2) is 0 Å². The van der Waals surface area contributed by atoms with E-state index in [-0.39, 0.29) is 18.4 Å². The highest BCUT2D eigenvalue weighted by Gasteiger charge is 2.13. The summed E-state index contributed by atoms with van der Waals surface area (Å²) in [5, 5.41) is 11.5. The molecule has 0 spiro atoms. The Hall–Kier alpha value is -2.35. The van der Waals surface area contributed by atoms with Gasteiger partial charge >= 0.3 is 0 Å². The second-order valence-corrected chi connectivity index (χ2v) is 4.89. The third-order valence-corrected chi connectivity index (χ3v) is 3.09. The van der Waals surface area contributed by atoms with E-state index in [0.29, 0.717) is 17.8 Å². The Morgan fingerprint density at radius 2 is 2.10 bits per heavy atom. The van der Waals surface area contributed by atoms with E-state index < -0.39 is 0 Å². The minimum atomic E-state index is -0.253. The molecule has 0 fully saturated rings. The first kappa shape index (κ1) is 16.7. The maximum atomic E-state index is 12.0. The number of rotatable bonds is 7. The molecule has 1 N–H and O–H groups in total. The van der Waals surface area contributed by atoms with E-state index in [9.17, 15) is 9.59 Å². The van der Waals surface area contributed by atoms with Crippen molar-refractivity contribution in [2.75, 3.05) is 18.4 Å². The van der Waals surface area contributed by atoms with Crippen LogP contribution in [0.2, 0.25) is 0 Å². The van der Waals surface area contributed by atoms with Gasteiger partial charge in [-0.05, 0) is 24.6 Å². The van der Waals surface area contributed by atoms with Crippen LogP contribution in [-0.2, 0) is 9.59 Å². The van der Waals surface area contributed by atoms with E-state index in [4.69, 9.17) is 5.26 Å². The summed E-state index contributed by atoms with van der Waals surface area (Å²) in [6.45, 7) is 4.19. The molecule has 0 atom stereocenters. The maximum absolute atomic E-state index is 12.0. The third kappa shape index (κ3) is 6.09. The van der Waals surface area contributed by atoms with E-state index in [0.717, 1.165) is 19.3 Å². The van der Waals surface area contributed by atoms with Gasteiger partial charge in [-0.3, -0.25) is 9.59 Å². The van der Waals surface area contributed by atoms with Crippen LogP contribution in [0.15, 0.2) is 24.3 Å². The molecule has 21 heavy (non-hydrogen) atoms. The first-order valence-corrected chi connectivity index (χ1v) is 7.12. The van der Waals surface area contributed by atoms with Gasteiger partial charge < -0.3 is 10.2 Å². The zero-order valence-corrected chi connectivity index (χ0v) is 12.6. The van der Waals surface area contributed by atoms with Crippen LogP contribution in [0.5, 0.6) is 0 Å². The molecule has 0 heterocycles. The molecule has 5 nitrogen and oxygen atoms in total. The zero-order chi connectivity index (χ0) is 15.7. The second kappa shape index (κ2) is 8.75. The van der Waals surface area contributed by atoms with Crippen LogP contribution in [0.1, 0.15) is 38.7 Å². The lowest BCUT2D eigenvalue weighted by Gasteiger charge is -2.20. The van der Waals surface area contributed by atoms with Gasteiger partial charge in [-0.1, -0.05) is 25.8 Å². The van der Waals surface area contributed by atoms with Crippen molar-refractivity contribution >= 4 is 17.5 Å². The molecule has 5 heteroatoms. The van der Waals surface area contributed by atoms with Crippen LogP contribution >= 0.6 is 0 Å². The molecule has 0 radical (unpaired) electrons. The summed E-state index contributed by atoms with van der Waals surface area (Å²) in [5.41, 5.74) is 1.05. The Kier molecular flexibility index (Phi) is 6.96. The van der Waals surface area contributed by atoms with Gasteiger partial charge in [0.2, 0.25) is 11.8 Å². The standard InChI is InChI=1S/C16H21N3O2/c1-3-4-5-9-19(13(2)20)12-16(21)18-15-8-6-7-14(10-15)11-17/h6-8,10H,3-5,9,12H2,1-2H3,(H,18,21). The molecule has 0 aliphatic carbocycles. The third-order valence-electron chi connectivity index (χ3n) is 3.09. The molecule has 0 bridgehead atoms. The highest BCUT2D eigenvalue weighted by molar-refractivity contribution is 5.94. The van der Waals surface area contributed by atoms with Crippen LogP contribution in [-0.4, -0.2) is 29.8 Å². The van der Waals surface area contributed by atoms with Crippen molar-refractivity contribution in [1.29, 1.82) is 5.26 Å². The van der Waals surface area contributed by atoms with E-state index in [1.807, 2.05) is 6.07 Å². The van der Waals surface area contributed by atoms with E-state index in [1.54, 1.807) is 29.2 Å². The number of anilines is 1. The van der Waals surface area contributed by atoms with Crippen molar-refractivity contribution in [2.24, 2.45) is 0 Å². The minimum Gasteiger partial charge on any atom is -0.334 e. The largest absolute Gasteiger partial charge is 0.334 e. The lowest BCUT2D eigenvalue weighted by Crippen LogP contribution is -2.37. The quantitative estimate of drug-likeness (QED) is 0.783. The lowest BCUT2D eigenvalue weighted by atomic mass is 10.2. The number of hydrogen-bond acceptors (Lipinski definition) is 3. The van der Waals surface area contributed by atoms with Crippen LogP contribution in [0, 0.1) is 11.3 Å². The normalized spacial score (nSPS) is 9.76. The summed E-state index contributed by atoms with van der Waals surface area (Å²) in [4.78, 5) is 25.0. The molecule has 0 saturated heterocycles. The van der Waals surface area contributed by atoms with Crippen LogP contribution in [0.3, 0.4) is 0 Å². The number of carbonyl (C=O) groups excluding carboxylic acids is 2. The van der Waals surface area contributed by atoms with Gasteiger partial charge in [0.25, 0.3) is 0 Å². The van der Waals surface area contributed by atoms with Crippen molar-refractivity contribution in [1.82, 2.24) is 4.90 Å². The second-order valence-electron chi connectivity index (χ2n) is 4.89. The molecule has 2 amide bonds. The van der Waals surface area contributed by atoms with Crippen LogP contribution in [0.4, 0.5) is 5.69 Å². The Bertz CT molecular complexity index is 535. The Morgan fingerprint density at radius 1 is 1.33 bits per heavy atom. The molecule has 0 unspecified atom stereocenters. The van der Waals surface area contributed by atoms with Crippen molar-refractivity contribution < 1.29 is 9.59 Å². The number of nitrogens with zero attached hydrogens (tertiary/aromatic N) is 2. The minimum absolute atomic E-state index is 0.0375. The van der Waals surface area contributed by atoms with E-state index >= 15 is 0 Å². The van der Waals surface area contributed by atoms with Gasteiger partial charge in [0, 0.05) is 19.2 Å². The Morgan fingerprint density at radius 3 is 2.71 bits per heavy atom. The predicted octanol–water partition coefficient (Wildman–Crippen LogP) is 2.54. The van der Waals surface area contributed by atoms with Gasteiger partial charge in [0.05, 0.1) is 18.2 Å². The van der Waals surface area contributed by atoms with Crippen LogP contribution in [0.25, 0.3) is 0 Å². The molecular formula is C16H21N3O2.